The van der Waals surface area contributed by atoms with Crippen LogP contribution in [0.1, 0.15) is 17.3 Å². The van der Waals surface area contributed by atoms with E-state index in [1.165, 1.54) is 36.0 Å². The molecule has 1 unspecified atom stereocenters. The maximum atomic E-state index is 12.9. The van der Waals surface area contributed by atoms with Crippen LogP contribution in [-0.4, -0.2) is 18.1 Å². The molecule has 2 nitrogen and oxygen atoms in total. The van der Waals surface area contributed by atoms with Gasteiger partial charge in [-0.05, 0) is 43.3 Å². The monoisotopic (exact) mass is 290 g/mol. The molecule has 0 amide bonds. The van der Waals surface area contributed by atoms with Crippen LogP contribution in [0.5, 0.6) is 5.75 Å². The van der Waals surface area contributed by atoms with Gasteiger partial charge >= 0.3 is 0 Å². The van der Waals surface area contributed by atoms with Crippen LogP contribution in [0.15, 0.2) is 53.4 Å². The highest BCUT2D eigenvalue weighted by Gasteiger charge is 2.18. The molecule has 20 heavy (non-hydrogen) atoms. The van der Waals surface area contributed by atoms with Crippen LogP contribution in [0.3, 0.4) is 0 Å². The van der Waals surface area contributed by atoms with Gasteiger partial charge in [-0.3, -0.25) is 4.79 Å². The van der Waals surface area contributed by atoms with E-state index in [9.17, 15) is 9.18 Å². The largest absolute Gasteiger partial charge is 0.496 e. The van der Waals surface area contributed by atoms with E-state index in [2.05, 4.69) is 0 Å². The number of para-hydroxylation sites is 1. The highest BCUT2D eigenvalue weighted by atomic mass is 32.2. The van der Waals surface area contributed by atoms with Gasteiger partial charge in [-0.15, -0.1) is 11.8 Å². The number of halogens is 1. The van der Waals surface area contributed by atoms with E-state index in [1.807, 2.05) is 31.2 Å². The number of thioether (sulfide) groups is 1. The summed E-state index contributed by atoms with van der Waals surface area (Å²) in [6, 6.07) is 13.2. The molecule has 4 heteroatoms. The number of Topliss-reactive ketones (excluding diaryl/α,β-unsaturated/α-hetero) is 1. The van der Waals surface area contributed by atoms with Gasteiger partial charge in [-0.2, -0.15) is 0 Å². The molecule has 0 radical (unpaired) electrons. The van der Waals surface area contributed by atoms with Crippen LogP contribution >= 0.6 is 11.8 Å². The van der Waals surface area contributed by atoms with Crippen molar-refractivity contribution in [1.29, 1.82) is 0 Å². The van der Waals surface area contributed by atoms with Crippen molar-refractivity contribution in [3.05, 3.63) is 59.9 Å². The minimum Gasteiger partial charge on any atom is -0.496 e. The van der Waals surface area contributed by atoms with Crippen LogP contribution in [-0.2, 0) is 0 Å². The molecule has 0 fully saturated rings. The number of hydrogen-bond donors (Lipinski definition) is 0. The number of carbonyl (C=O) groups is 1. The third kappa shape index (κ3) is 3.39. The topological polar surface area (TPSA) is 26.3 Å². The molecule has 2 aromatic carbocycles. The number of rotatable bonds is 5. The lowest BCUT2D eigenvalue weighted by molar-refractivity contribution is 0.0994. The van der Waals surface area contributed by atoms with Crippen molar-refractivity contribution < 1.29 is 13.9 Å². The van der Waals surface area contributed by atoms with Crippen molar-refractivity contribution in [1.82, 2.24) is 0 Å². The molecule has 0 aliphatic carbocycles. The van der Waals surface area contributed by atoms with Gasteiger partial charge in [0, 0.05) is 5.56 Å². The Labute approximate surface area is 122 Å². The summed E-state index contributed by atoms with van der Waals surface area (Å²) in [5, 5.41) is -0.267. The van der Waals surface area contributed by atoms with Crippen molar-refractivity contribution >= 4 is 17.5 Å². The zero-order valence-electron chi connectivity index (χ0n) is 11.3. The summed E-state index contributed by atoms with van der Waals surface area (Å²) in [6.07, 6.45) is 0. The first-order chi connectivity index (χ1) is 9.61. The number of hydrogen-bond acceptors (Lipinski definition) is 3. The lowest BCUT2D eigenvalue weighted by Gasteiger charge is -2.13. The summed E-state index contributed by atoms with van der Waals surface area (Å²) in [6.45, 7) is 1.84. The Morgan fingerprint density at radius 1 is 1.15 bits per heavy atom. The fourth-order valence-electron chi connectivity index (χ4n) is 1.81. The SMILES string of the molecule is COc1ccccc1SC(C)C(=O)c1ccc(F)cc1. The normalized spacial score (nSPS) is 11.9. The highest BCUT2D eigenvalue weighted by molar-refractivity contribution is 8.00. The Morgan fingerprint density at radius 3 is 2.45 bits per heavy atom. The molecule has 1 atom stereocenters. The van der Waals surface area contributed by atoms with E-state index in [-0.39, 0.29) is 16.9 Å². The van der Waals surface area contributed by atoms with E-state index in [0.29, 0.717) is 5.56 Å². The summed E-state index contributed by atoms with van der Waals surface area (Å²) in [4.78, 5) is 13.2. The van der Waals surface area contributed by atoms with Crippen molar-refractivity contribution in [2.24, 2.45) is 0 Å². The molecule has 0 aliphatic rings. The van der Waals surface area contributed by atoms with E-state index >= 15 is 0 Å². The van der Waals surface area contributed by atoms with E-state index < -0.39 is 0 Å². The maximum absolute atomic E-state index is 12.9. The van der Waals surface area contributed by atoms with Gasteiger partial charge < -0.3 is 4.74 Å². The fraction of sp³-hybridized carbons (Fsp3) is 0.188. The number of ketones is 1. The van der Waals surface area contributed by atoms with E-state index in [4.69, 9.17) is 4.74 Å². The minimum absolute atomic E-state index is 0.0269. The third-order valence-corrected chi connectivity index (χ3v) is 4.03. The molecule has 104 valence electrons. The predicted molar refractivity (Wildman–Crippen MR) is 79.0 cm³/mol. The minimum atomic E-state index is -0.341. The molecule has 0 spiro atoms. The molecule has 0 bridgehead atoms. The van der Waals surface area contributed by atoms with Gasteiger partial charge in [-0.25, -0.2) is 4.39 Å². The smallest absolute Gasteiger partial charge is 0.175 e. The van der Waals surface area contributed by atoms with Gasteiger partial charge in [0.2, 0.25) is 0 Å². The fourth-order valence-corrected chi connectivity index (χ4v) is 2.86. The first-order valence-corrected chi connectivity index (χ1v) is 7.09. The van der Waals surface area contributed by atoms with Crippen LogP contribution < -0.4 is 4.74 Å². The number of benzene rings is 2. The van der Waals surface area contributed by atoms with Crippen molar-refractivity contribution in [3.8, 4) is 5.75 Å². The molecule has 0 heterocycles. The van der Waals surface area contributed by atoms with Gasteiger partial charge in [0.15, 0.2) is 5.78 Å². The zero-order valence-corrected chi connectivity index (χ0v) is 12.1. The van der Waals surface area contributed by atoms with Crippen molar-refractivity contribution in [2.75, 3.05) is 7.11 Å². The van der Waals surface area contributed by atoms with Gasteiger partial charge in [-0.1, -0.05) is 12.1 Å². The first kappa shape index (κ1) is 14.6. The molecular weight excluding hydrogens is 275 g/mol. The summed E-state index contributed by atoms with van der Waals surface area (Å²) in [7, 11) is 1.60. The predicted octanol–water partition coefficient (Wildman–Crippen LogP) is 4.20. The summed E-state index contributed by atoms with van der Waals surface area (Å²) in [5.74, 6) is 0.378. The highest BCUT2D eigenvalue weighted by Crippen LogP contribution is 2.33. The Balaban J connectivity index is 2.13. The molecule has 0 aromatic heterocycles. The lowest BCUT2D eigenvalue weighted by Crippen LogP contribution is -2.13. The second-order valence-corrected chi connectivity index (χ2v) is 5.66. The van der Waals surface area contributed by atoms with Gasteiger partial charge in [0.05, 0.1) is 17.3 Å². The van der Waals surface area contributed by atoms with Crippen LogP contribution in [0.25, 0.3) is 0 Å². The summed E-state index contributed by atoms with van der Waals surface area (Å²) < 4.78 is 18.1. The Bertz CT molecular complexity index is 596. The summed E-state index contributed by atoms with van der Waals surface area (Å²) in [5.41, 5.74) is 0.515. The maximum Gasteiger partial charge on any atom is 0.175 e. The number of carbonyl (C=O) groups excluding carboxylic acids is 1. The van der Waals surface area contributed by atoms with Crippen molar-refractivity contribution in [3.63, 3.8) is 0 Å². The standard InChI is InChI=1S/C16H15FO2S/c1-11(16(18)12-7-9-13(17)10-8-12)20-15-6-4-3-5-14(15)19-2/h3-11H,1-2H3. The first-order valence-electron chi connectivity index (χ1n) is 6.21. The van der Waals surface area contributed by atoms with Gasteiger partial charge in [0.25, 0.3) is 0 Å². The second kappa shape index (κ2) is 6.57. The molecule has 2 aromatic rings. The van der Waals surface area contributed by atoms with Crippen LogP contribution in [0.2, 0.25) is 0 Å². The van der Waals surface area contributed by atoms with E-state index in [0.717, 1.165) is 10.6 Å². The summed E-state index contributed by atoms with van der Waals surface area (Å²) >= 11 is 1.43. The molecule has 0 saturated carbocycles. The molecule has 0 N–H and O–H groups in total. The Kier molecular flexibility index (Phi) is 4.79. The Morgan fingerprint density at radius 2 is 1.80 bits per heavy atom. The van der Waals surface area contributed by atoms with Gasteiger partial charge in [0.1, 0.15) is 11.6 Å². The van der Waals surface area contributed by atoms with Crippen molar-refractivity contribution in [2.45, 2.75) is 17.1 Å². The average molecular weight is 290 g/mol. The second-order valence-electron chi connectivity index (χ2n) is 4.28. The molecular formula is C16H15FO2S. The molecule has 2 rings (SSSR count). The molecule has 0 aliphatic heterocycles. The van der Waals surface area contributed by atoms with Crippen LogP contribution in [0.4, 0.5) is 4.39 Å². The number of methoxy groups -OCH3 is 1. The zero-order chi connectivity index (χ0) is 14.5. The quantitative estimate of drug-likeness (QED) is 0.610. The average Bonchev–Trinajstić information content (AvgIpc) is 2.48. The molecule has 0 saturated heterocycles. The van der Waals surface area contributed by atoms with Crippen LogP contribution in [0, 0.1) is 5.82 Å². The number of ether oxygens (including phenoxy) is 1. The third-order valence-electron chi connectivity index (χ3n) is 2.87. The Hall–Kier alpha value is -1.81. The lowest BCUT2D eigenvalue weighted by atomic mass is 10.1. The van der Waals surface area contributed by atoms with E-state index in [1.54, 1.807) is 7.11 Å².